The van der Waals surface area contributed by atoms with Gasteiger partial charge >= 0.3 is 0 Å². The number of para-hydroxylation sites is 1. The van der Waals surface area contributed by atoms with E-state index in [1.165, 1.54) is 0 Å². The van der Waals surface area contributed by atoms with Gasteiger partial charge in [-0.3, -0.25) is 9.69 Å². The predicted octanol–water partition coefficient (Wildman–Crippen LogP) is 2.83. The lowest BCUT2D eigenvalue weighted by molar-refractivity contribution is -0.121. The minimum atomic E-state index is -0.250. The molecule has 0 aromatic heterocycles. The number of hydrogen-bond acceptors (Lipinski definition) is 4. The number of benzene rings is 1. The molecule has 5 heteroatoms. The number of nitrogens with zero attached hydrogens (tertiary/aromatic N) is 1. The summed E-state index contributed by atoms with van der Waals surface area (Å²) in [6.45, 7) is 5.55. The molecule has 0 aliphatic carbocycles. The Morgan fingerprint density at radius 2 is 1.95 bits per heavy atom. The second kappa shape index (κ2) is 7.99. The van der Waals surface area contributed by atoms with Crippen molar-refractivity contribution >= 4 is 23.4 Å². The Morgan fingerprint density at radius 3 is 2.55 bits per heavy atom. The molecule has 1 aliphatic rings. The fourth-order valence-electron chi connectivity index (χ4n) is 2.94. The number of piperidine rings is 1. The van der Waals surface area contributed by atoms with Gasteiger partial charge in [-0.25, -0.2) is 0 Å². The number of carbonyl (C=O) groups is 1. The van der Waals surface area contributed by atoms with Crippen molar-refractivity contribution in [2.45, 2.75) is 43.7 Å². The maximum Gasteiger partial charge on any atom is 0.241 e. The molecule has 2 N–H and O–H groups in total. The van der Waals surface area contributed by atoms with Gasteiger partial charge in [0.15, 0.2) is 0 Å². The fourth-order valence-corrected chi connectivity index (χ4v) is 3.49. The lowest BCUT2D eigenvalue weighted by atomic mass is 9.91. The molecule has 0 saturated carbocycles. The van der Waals surface area contributed by atoms with E-state index in [1.807, 2.05) is 44.4 Å². The summed E-state index contributed by atoms with van der Waals surface area (Å²) in [4.78, 5) is 15.8. The molecular weight excluding hydrogens is 296 g/mol. The maximum atomic E-state index is 12.5. The van der Waals surface area contributed by atoms with Crippen LogP contribution in [0.2, 0.25) is 0 Å². The number of anilines is 1. The Labute approximate surface area is 137 Å². The third-order valence-corrected chi connectivity index (χ3v) is 5.34. The van der Waals surface area contributed by atoms with E-state index in [-0.39, 0.29) is 18.1 Å². The minimum Gasteiger partial charge on any atom is -0.393 e. The average Bonchev–Trinajstić information content (AvgIpc) is 2.54. The van der Waals surface area contributed by atoms with Crippen molar-refractivity contribution in [1.82, 2.24) is 4.90 Å². The predicted molar refractivity (Wildman–Crippen MR) is 92.3 cm³/mol. The number of hydrogen-bond donors (Lipinski definition) is 2. The van der Waals surface area contributed by atoms with E-state index < -0.39 is 0 Å². The first-order valence-electron chi connectivity index (χ1n) is 7.89. The average molecular weight is 322 g/mol. The summed E-state index contributed by atoms with van der Waals surface area (Å²) in [5.74, 6) is 0.403. The normalized spacial score (nSPS) is 19.6. The highest BCUT2D eigenvalue weighted by atomic mass is 32.2. The number of rotatable bonds is 5. The standard InChI is InChI=1S/C17H26N2O2S/c1-12(19-10-8-14(9-11-19)13(2)20)17(21)18-15-6-4-5-7-16(15)22-3/h4-7,12-14,20H,8-11H2,1-3H3,(H,18,21). The Morgan fingerprint density at radius 1 is 1.32 bits per heavy atom. The van der Waals surface area contributed by atoms with Gasteiger partial charge in [-0.15, -0.1) is 11.8 Å². The van der Waals surface area contributed by atoms with Gasteiger partial charge in [0.25, 0.3) is 0 Å². The molecule has 0 radical (unpaired) electrons. The lowest BCUT2D eigenvalue weighted by Crippen LogP contribution is -2.47. The van der Waals surface area contributed by atoms with Crippen molar-refractivity contribution in [3.63, 3.8) is 0 Å². The first kappa shape index (κ1) is 17.3. The Bertz CT molecular complexity index is 499. The van der Waals surface area contributed by atoms with Crippen LogP contribution >= 0.6 is 11.8 Å². The minimum absolute atomic E-state index is 0.0389. The number of aliphatic hydroxyl groups excluding tert-OH is 1. The van der Waals surface area contributed by atoms with E-state index in [1.54, 1.807) is 11.8 Å². The van der Waals surface area contributed by atoms with Crippen LogP contribution in [0, 0.1) is 5.92 Å². The van der Waals surface area contributed by atoms with Crippen molar-refractivity contribution in [2.75, 3.05) is 24.7 Å². The summed E-state index contributed by atoms with van der Waals surface area (Å²) in [6, 6.07) is 7.72. The number of likely N-dealkylation sites (tertiary alicyclic amines) is 1. The first-order chi connectivity index (χ1) is 10.5. The third kappa shape index (κ3) is 4.24. The molecule has 4 nitrogen and oxygen atoms in total. The van der Waals surface area contributed by atoms with Crippen LogP contribution in [0.5, 0.6) is 0 Å². The van der Waals surface area contributed by atoms with Crippen molar-refractivity contribution in [3.05, 3.63) is 24.3 Å². The first-order valence-corrected chi connectivity index (χ1v) is 9.11. The van der Waals surface area contributed by atoms with Crippen molar-refractivity contribution in [1.29, 1.82) is 0 Å². The van der Waals surface area contributed by atoms with Crippen molar-refractivity contribution in [2.24, 2.45) is 5.92 Å². The van der Waals surface area contributed by atoms with E-state index in [9.17, 15) is 9.90 Å². The molecule has 1 heterocycles. The smallest absolute Gasteiger partial charge is 0.241 e. The fraction of sp³-hybridized carbons (Fsp3) is 0.588. The molecule has 2 unspecified atom stereocenters. The highest BCUT2D eigenvalue weighted by Crippen LogP contribution is 2.26. The third-order valence-electron chi connectivity index (χ3n) is 4.55. The quantitative estimate of drug-likeness (QED) is 0.819. The van der Waals surface area contributed by atoms with Gasteiger partial charge in [-0.05, 0) is 64.1 Å². The van der Waals surface area contributed by atoms with Gasteiger partial charge in [0, 0.05) is 4.90 Å². The Hall–Kier alpha value is -1.04. The van der Waals surface area contributed by atoms with Crippen LogP contribution in [0.25, 0.3) is 0 Å². The SMILES string of the molecule is CSc1ccccc1NC(=O)C(C)N1CCC(C(C)O)CC1. The summed E-state index contributed by atoms with van der Waals surface area (Å²) in [5.41, 5.74) is 0.880. The second-order valence-electron chi connectivity index (χ2n) is 5.98. The topological polar surface area (TPSA) is 52.6 Å². The van der Waals surface area contributed by atoms with E-state index in [4.69, 9.17) is 0 Å². The molecule has 0 spiro atoms. The summed E-state index contributed by atoms with van der Waals surface area (Å²) >= 11 is 1.63. The van der Waals surface area contributed by atoms with Crippen LogP contribution < -0.4 is 5.32 Å². The molecule has 2 atom stereocenters. The number of carbonyl (C=O) groups excluding carboxylic acids is 1. The molecule has 1 aromatic rings. The summed E-state index contributed by atoms with van der Waals surface area (Å²) in [5, 5.41) is 12.7. The van der Waals surface area contributed by atoms with Crippen LogP contribution in [-0.4, -0.2) is 47.4 Å². The van der Waals surface area contributed by atoms with Gasteiger partial charge < -0.3 is 10.4 Å². The maximum absolute atomic E-state index is 12.5. The van der Waals surface area contributed by atoms with Crippen LogP contribution in [-0.2, 0) is 4.79 Å². The van der Waals surface area contributed by atoms with Gasteiger partial charge in [0.05, 0.1) is 17.8 Å². The van der Waals surface area contributed by atoms with Crippen molar-refractivity contribution in [3.8, 4) is 0 Å². The summed E-state index contributed by atoms with van der Waals surface area (Å²) in [6.07, 6.45) is 3.67. The largest absolute Gasteiger partial charge is 0.393 e. The monoisotopic (exact) mass is 322 g/mol. The Kier molecular flexibility index (Phi) is 6.29. The number of aliphatic hydroxyl groups is 1. The Balaban J connectivity index is 1.93. The molecule has 22 heavy (non-hydrogen) atoms. The summed E-state index contributed by atoms with van der Waals surface area (Å²) in [7, 11) is 0. The molecule has 0 bridgehead atoms. The molecule has 1 saturated heterocycles. The van der Waals surface area contributed by atoms with Crippen LogP contribution in [0.1, 0.15) is 26.7 Å². The summed E-state index contributed by atoms with van der Waals surface area (Å²) < 4.78 is 0. The van der Waals surface area contributed by atoms with Gasteiger partial charge in [-0.1, -0.05) is 12.1 Å². The van der Waals surface area contributed by atoms with Crippen LogP contribution in [0.3, 0.4) is 0 Å². The second-order valence-corrected chi connectivity index (χ2v) is 6.83. The van der Waals surface area contributed by atoms with E-state index in [2.05, 4.69) is 10.2 Å². The zero-order valence-corrected chi connectivity index (χ0v) is 14.4. The molecule has 1 aliphatic heterocycles. The molecular formula is C17H26N2O2S. The van der Waals surface area contributed by atoms with Gasteiger partial charge in [-0.2, -0.15) is 0 Å². The zero-order chi connectivity index (χ0) is 16.1. The number of nitrogens with one attached hydrogen (secondary N) is 1. The van der Waals surface area contributed by atoms with E-state index >= 15 is 0 Å². The van der Waals surface area contributed by atoms with Gasteiger partial charge in [0.1, 0.15) is 0 Å². The zero-order valence-electron chi connectivity index (χ0n) is 13.6. The molecule has 122 valence electrons. The number of thioether (sulfide) groups is 1. The molecule has 1 aromatic carbocycles. The van der Waals surface area contributed by atoms with Gasteiger partial charge in [0.2, 0.25) is 5.91 Å². The molecule has 2 rings (SSSR count). The molecule has 1 fully saturated rings. The van der Waals surface area contributed by atoms with Crippen LogP contribution in [0.15, 0.2) is 29.2 Å². The number of amides is 1. The van der Waals surface area contributed by atoms with E-state index in [0.29, 0.717) is 5.92 Å². The van der Waals surface area contributed by atoms with Crippen LogP contribution in [0.4, 0.5) is 5.69 Å². The highest BCUT2D eigenvalue weighted by molar-refractivity contribution is 7.98. The lowest BCUT2D eigenvalue weighted by Gasteiger charge is -2.36. The highest BCUT2D eigenvalue weighted by Gasteiger charge is 2.28. The van der Waals surface area contributed by atoms with E-state index in [0.717, 1.165) is 36.5 Å². The van der Waals surface area contributed by atoms with Crippen molar-refractivity contribution < 1.29 is 9.90 Å². The molecule has 1 amide bonds.